The molecule has 0 radical (unpaired) electrons. The molecular formula is C24H27BN4O4S. The third kappa shape index (κ3) is 6.19. The van der Waals surface area contributed by atoms with Crippen molar-refractivity contribution in [1.29, 1.82) is 5.26 Å². The van der Waals surface area contributed by atoms with E-state index in [0.29, 0.717) is 33.7 Å². The Kier molecular flexibility index (Phi) is 7.69. The van der Waals surface area contributed by atoms with Crippen LogP contribution in [-0.2, 0) is 20.7 Å². The van der Waals surface area contributed by atoms with Crippen LogP contribution in [0, 0.1) is 11.3 Å². The smallest absolute Gasteiger partial charge is 0.408 e. The number of nitrogens with one attached hydrogen (secondary N) is 2. The molecule has 1 aliphatic rings. The molecule has 8 nitrogen and oxygen atoms in total. The lowest BCUT2D eigenvalue weighted by Gasteiger charge is -2.26. The van der Waals surface area contributed by atoms with Crippen molar-refractivity contribution in [3.8, 4) is 6.07 Å². The molecule has 2 N–H and O–H groups in total. The maximum atomic E-state index is 13.1. The molecule has 0 saturated carbocycles. The second-order valence-corrected chi connectivity index (χ2v) is 10.4. The number of aromatic nitrogens is 1. The van der Waals surface area contributed by atoms with Crippen molar-refractivity contribution in [2.45, 2.75) is 50.2 Å². The number of pyridine rings is 1. The molecule has 34 heavy (non-hydrogen) atoms. The van der Waals surface area contributed by atoms with Crippen molar-refractivity contribution in [1.82, 2.24) is 10.3 Å². The molecular weight excluding hydrogens is 451 g/mol. The number of benzene rings is 1. The summed E-state index contributed by atoms with van der Waals surface area (Å²) in [4.78, 5) is 30.4. The predicted octanol–water partition coefficient (Wildman–Crippen LogP) is 2.24. The Morgan fingerprint density at radius 1 is 1.29 bits per heavy atom. The van der Waals surface area contributed by atoms with E-state index in [2.05, 4.69) is 15.6 Å². The molecule has 1 aliphatic carbocycles. The number of alkyl carbamates (subject to hydrolysis) is 1. The van der Waals surface area contributed by atoms with Gasteiger partial charge in [-0.15, -0.1) is 0 Å². The molecule has 0 spiro atoms. The van der Waals surface area contributed by atoms with Crippen molar-refractivity contribution in [3.63, 3.8) is 0 Å². The molecule has 0 bridgehead atoms. The van der Waals surface area contributed by atoms with Crippen LogP contribution in [0.2, 0.25) is 0 Å². The van der Waals surface area contributed by atoms with E-state index in [1.165, 1.54) is 12.3 Å². The first-order valence-electron chi connectivity index (χ1n) is 10.8. The Balaban J connectivity index is 2.13. The highest BCUT2D eigenvalue weighted by atomic mass is 32.2. The van der Waals surface area contributed by atoms with E-state index < -0.39 is 28.9 Å². The van der Waals surface area contributed by atoms with Gasteiger partial charge in [0, 0.05) is 35.5 Å². The number of rotatable bonds is 6. The number of ether oxygens (including phenoxy) is 1. The van der Waals surface area contributed by atoms with Gasteiger partial charge in [-0.3, -0.25) is 9.78 Å². The maximum absolute atomic E-state index is 13.1. The van der Waals surface area contributed by atoms with Crippen LogP contribution in [0.5, 0.6) is 0 Å². The molecule has 1 heterocycles. The van der Waals surface area contributed by atoms with Crippen LogP contribution in [0.1, 0.15) is 50.8 Å². The molecule has 2 atom stereocenters. The number of carbonyl (C=O) groups is 2. The summed E-state index contributed by atoms with van der Waals surface area (Å²) >= 11 is -1.48. The summed E-state index contributed by atoms with van der Waals surface area (Å²) in [7, 11) is 1.92. The number of hydrogen-bond donors (Lipinski definition) is 2. The Hall–Kier alpha value is -3.29. The fourth-order valence-corrected chi connectivity index (χ4v) is 4.57. The zero-order valence-corrected chi connectivity index (χ0v) is 20.7. The van der Waals surface area contributed by atoms with Gasteiger partial charge in [0.25, 0.3) is 0 Å². The van der Waals surface area contributed by atoms with Crippen LogP contribution in [0.25, 0.3) is 0 Å². The average molecular weight is 478 g/mol. The van der Waals surface area contributed by atoms with E-state index in [4.69, 9.17) is 4.74 Å². The van der Waals surface area contributed by atoms with Crippen molar-refractivity contribution in [3.05, 3.63) is 59.1 Å². The Labute approximate surface area is 203 Å². The van der Waals surface area contributed by atoms with Crippen LogP contribution in [0.15, 0.2) is 52.8 Å². The monoisotopic (exact) mass is 478 g/mol. The summed E-state index contributed by atoms with van der Waals surface area (Å²) in [5.74, 6) is -0.138. The van der Waals surface area contributed by atoms with E-state index in [0.717, 1.165) is 11.2 Å². The number of allylic oxidation sites excluding steroid dienone is 1. The van der Waals surface area contributed by atoms with Gasteiger partial charge in [-0.25, -0.2) is 4.79 Å². The highest BCUT2D eigenvalue weighted by Crippen LogP contribution is 2.37. The fourth-order valence-electron chi connectivity index (χ4n) is 3.76. The summed E-state index contributed by atoms with van der Waals surface area (Å²) in [6.45, 7) is 5.23. The average Bonchev–Trinajstić information content (AvgIpc) is 3.10. The van der Waals surface area contributed by atoms with Crippen molar-refractivity contribution in [2.24, 2.45) is 0 Å². The van der Waals surface area contributed by atoms with E-state index in [1.807, 2.05) is 20.0 Å². The molecule has 2 aromatic rings. The van der Waals surface area contributed by atoms with Gasteiger partial charge in [-0.2, -0.15) is 5.26 Å². The lowest BCUT2D eigenvalue weighted by atomic mass is 9.95. The number of carbonyl (C=O) groups excluding carboxylic acids is 2. The Bertz CT molecular complexity index is 1180. The highest BCUT2D eigenvalue weighted by molar-refractivity contribution is 7.90. The van der Waals surface area contributed by atoms with Crippen molar-refractivity contribution >= 4 is 42.0 Å². The van der Waals surface area contributed by atoms with E-state index in [1.54, 1.807) is 45.3 Å². The lowest BCUT2D eigenvalue weighted by Crippen LogP contribution is -2.37. The largest absolute Gasteiger partial charge is 0.612 e. The number of anilines is 1. The maximum Gasteiger partial charge on any atom is 0.408 e. The van der Waals surface area contributed by atoms with Gasteiger partial charge in [0.05, 0.1) is 29.6 Å². The van der Waals surface area contributed by atoms with Crippen LogP contribution < -0.4 is 16.1 Å². The zero-order valence-electron chi connectivity index (χ0n) is 19.9. The van der Waals surface area contributed by atoms with Gasteiger partial charge in [0.1, 0.15) is 19.7 Å². The number of hydrogen-bond acceptors (Lipinski definition) is 7. The summed E-state index contributed by atoms with van der Waals surface area (Å²) < 4.78 is 18.0. The topological polar surface area (TPSA) is 127 Å². The fraction of sp³-hybridized carbons (Fsp3) is 0.333. The summed E-state index contributed by atoms with van der Waals surface area (Å²) in [5, 5.41) is 15.4. The van der Waals surface area contributed by atoms with Gasteiger partial charge in [-0.1, -0.05) is 11.5 Å². The zero-order chi connectivity index (χ0) is 25.0. The van der Waals surface area contributed by atoms with Crippen molar-refractivity contribution in [2.75, 3.05) is 11.6 Å². The van der Waals surface area contributed by atoms with Crippen molar-refractivity contribution < 1.29 is 18.9 Å². The third-order valence-electron chi connectivity index (χ3n) is 5.11. The first-order chi connectivity index (χ1) is 16.0. The molecule has 0 fully saturated rings. The molecule has 1 aromatic carbocycles. The molecule has 10 heteroatoms. The first-order valence-corrected chi connectivity index (χ1v) is 12.4. The second kappa shape index (κ2) is 10.3. The predicted molar refractivity (Wildman–Crippen MR) is 133 cm³/mol. The minimum absolute atomic E-state index is 0.138. The summed E-state index contributed by atoms with van der Waals surface area (Å²) in [5.41, 5.74) is 2.74. The molecule has 1 amide bonds. The molecule has 176 valence electrons. The summed E-state index contributed by atoms with van der Waals surface area (Å²) in [6, 6.07) is 7.75. The minimum atomic E-state index is -1.48. The molecule has 0 saturated heterocycles. The Morgan fingerprint density at radius 2 is 2.03 bits per heavy atom. The molecule has 0 aliphatic heterocycles. The van der Waals surface area contributed by atoms with Gasteiger partial charge in [-0.05, 0) is 50.5 Å². The number of nitriles is 1. The van der Waals surface area contributed by atoms with E-state index in [-0.39, 0.29) is 12.2 Å². The SMILES string of the molecule is Bc1cncc(NC2=C(C(NC(=O)OC(C)(C)C)c3ccc(C#N)cc3[S+](C)[O-])C(=O)CC2)c1. The standard InChI is InChI=1S/C24H27BN4O4S/c1-24(2,3)33-23(31)29-22(17-6-5-14(11-26)9-20(17)34(4)32)21-18(7-8-19(21)30)28-16-10-15(25)12-27-13-16/h5-6,9-10,12-13,22,28H,7-8,25H2,1-4H3,(H,29,31). The molecule has 1 aromatic heterocycles. The normalized spacial score (nSPS) is 15.5. The van der Waals surface area contributed by atoms with Crippen LogP contribution in [-0.4, -0.2) is 41.1 Å². The van der Waals surface area contributed by atoms with E-state index in [9.17, 15) is 19.4 Å². The van der Waals surface area contributed by atoms with Gasteiger partial charge in [0.2, 0.25) is 0 Å². The van der Waals surface area contributed by atoms with Gasteiger partial charge >= 0.3 is 6.09 Å². The first kappa shape index (κ1) is 25.3. The van der Waals surface area contributed by atoms with Gasteiger partial charge < -0.3 is 19.9 Å². The van der Waals surface area contributed by atoms with E-state index >= 15 is 0 Å². The third-order valence-corrected chi connectivity index (χ3v) is 6.08. The number of nitrogens with zero attached hydrogens (tertiary/aromatic N) is 2. The Morgan fingerprint density at radius 3 is 2.65 bits per heavy atom. The molecule has 3 rings (SSSR count). The second-order valence-electron chi connectivity index (χ2n) is 9.09. The molecule has 2 unspecified atom stereocenters. The summed E-state index contributed by atoms with van der Waals surface area (Å²) in [6.07, 6.45) is 4.89. The van der Waals surface area contributed by atoms with Crippen LogP contribution >= 0.6 is 0 Å². The quantitative estimate of drug-likeness (QED) is 0.482. The number of ketones is 1. The van der Waals surface area contributed by atoms with Gasteiger partial charge in [0.15, 0.2) is 10.7 Å². The number of amides is 1. The lowest BCUT2D eigenvalue weighted by molar-refractivity contribution is -0.115. The number of Topliss-reactive ketones (excluding diaryl/α,β-unsaturated/α-hetero) is 1. The van der Waals surface area contributed by atoms with Crippen LogP contribution in [0.3, 0.4) is 0 Å². The minimum Gasteiger partial charge on any atom is -0.612 e. The van der Waals surface area contributed by atoms with Crippen LogP contribution in [0.4, 0.5) is 10.5 Å². The highest BCUT2D eigenvalue weighted by Gasteiger charge is 2.36.